The molecule has 1 aromatic heterocycles. The second-order valence-corrected chi connectivity index (χ2v) is 4.26. The van der Waals surface area contributed by atoms with E-state index in [1.165, 1.54) is 0 Å². The SMILES string of the molecule is CCCn1nccc1C(N)c1cc(F)c(F)c(F)c1. The molecule has 0 saturated carbocycles. The normalized spacial score (nSPS) is 12.7. The molecule has 0 aliphatic rings. The fourth-order valence-corrected chi connectivity index (χ4v) is 1.93. The van der Waals surface area contributed by atoms with Gasteiger partial charge in [-0.05, 0) is 30.2 Å². The average molecular weight is 269 g/mol. The zero-order valence-electron chi connectivity index (χ0n) is 10.4. The van der Waals surface area contributed by atoms with E-state index < -0.39 is 23.5 Å². The lowest BCUT2D eigenvalue weighted by Crippen LogP contribution is -2.18. The van der Waals surface area contributed by atoms with Crippen LogP contribution in [0.25, 0.3) is 0 Å². The number of aromatic nitrogens is 2. The Kier molecular flexibility index (Phi) is 3.90. The third-order valence-electron chi connectivity index (χ3n) is 2.87. The predicted octanol–water partition coefficient (Wildman–Crippen LogP) is 2.76. The number of hydrogen-bond acceptors (Lipinski definition) is 2. The molecular weight excluding hydrogens is 255 g/mol. The number of rotatable bonds is 4. The van der Waals surface area contributed by atoms with E-state index in [0.717, 1.165) is 18.6 Å². The smallest absolute Gasteiger partial charge is 0.194 e. The number of nitrogens with two attached hydrogens (primary N) is 1. The van der Waals surface area contributed by atoms with E-state index in [4.69, 9.17) is 5.73 Å². The van der Waals surface area contributed by atoms with Crippen LogP contribution in [0.2, 0.25) is 0 Å². The third-order valence-corrected chi connectivity index (χ3v) is 2.87. The molecule has 0 amide bonds. The maximum absolute atomic E-state index is 13.2. The molecule has 0 radical (unpaired) electrons. The lowest BCUT2D eigenvalue weighted by atomic mass is 10.0. The quantitative estimate of drug-likeness (QED) is 0.867. The minimum Gasteiger partial charge on any atom is -0.319 e. The van der Waals surface area contributed by atoms with E-state index in [1.807, 2.05) is 6.92 Å². The molecule has 0 spiro atoms. The number of aryl methyl sites for hydroxylation is 1. The van der Waals surface area contributed by atoms with Gasteiger partial charge < -0.3 is 5.73 Å². The largest absolute Gasteiger partial charge is 0.319 e. The molecule has 0 aliphatic heterocycles. The summed E-state index contributed by atoms with van der Waals surface area (Å²) < 4.78 is 41.0. The lowest BCUT2D eigenvalue weighted by Gasteiger charge is -2.15. The first-order valence-corrected chi connectivity index (χ1v) is 5.96. The van der Waals surface area contributed by atoms with Crippen LogP contribution in [-0.4, -0.2) is 9.78 Å². The van der Waals surface area contributed by atoms with Crippen LogP contribution in [0, 0.1) is 17.5 Å². The molecule has 1 atom stereocenters. The van der Waals surface area contributed by atoms with Crippen LogP contribution in [0.5, 0.6) is 0 Å². The zero-order chi connectivity index (χ0) is 14.0. The van der Waals surface area contributed by atoms with Crippen molar-refractivity contribution < 1.29 is 13.2 Å². The summed E-state index contributed by atoms with van der Waals surface area (Å²) in [6.45, 7) is 2.64. The fourth-order valence-electron chi connectivity index (χ4n) is 1.93. The van der Waals surface area contributed by atoms with E-state index in [9.17, 15) is 13.2 Å². The van der Waals surface area contributed by atoms with Crippen molar-refractivity contribution >= 4 is 0 Å². The van der Waals surface area contributed by atoms with Crippen molar-refractivity contribution in [2.75, 3.05) is 0 Å². The number of hydrogen-bond donors (Lipinski definition) is 1. The van der Waals surface area contributed by atoms with Crippen molar-refractivity contribution in [1.82, 2.24) is 9.78 Å². The molecule has 2 rings (SSSR count). The summed E-state index contributed by atoms with van der Waals surface area (Å²) in [6, 6.07) is 2.75. The van der Waals surface area contributed by atoms with Crippen LogP contribution in [0.4, 0.5) is 13.2 Å². The summed E-state index contributed by atoms with van der Waals surface area (Å²) in [4.78, 5) is 0. The summed E-state index contributed by atoms with van der Waals surface area (Å²) >= 11 is 0. The number of nitrogens with zero attached hydrogens (tertiary/aromatic N) is 2. The molecule has 102 valence electrons. The Hall–Kier alpha value is -1.82. The summed E-state index contributed by atoms with van der Waals surface area (Å²) in [7, 11) is 0. The first-order chi connectivity index (χ1) is 9.04. The highest BCUT2D eigenvalue weighted by atomic mass is 19.2. The molecule has 0 saturated heterocycles. The first-order valence-electron chi connectivity index (χ1n) is 5.96. The van der Waals surface area contributed by atoms with Gasteiger partial charge in [-0.1, -0.05) is 6.92 Å². The van der Waals surface area contributed by atoms with Crippen molar-refractivity contribution in [3.63, 3.8) is 0 Å². The molecule has 6 heteroatoms. The van der Waals surface area contributed by atoms with Gasteiger partial charge in [-0.25, -0.2) is 13.2 Å². The van der Waals surface area contributed by atoms with Crippen LogP contribution in [0.1, 0.15) is 30.6 Å². The maximum atomic E-state index is 13.2. The van der Waals surface area contributed by atoms with Crippen molar-refractivity contribution in [3.05, 3.63) is 53.1 Å². The second kappa shape index (κ2) is 5.44. The van der Waals surface area contributed by atoms with Crippen molar-refractivity contribution in [3.8, 4) is 0 Å². The van der Waals surface area contributed by atoms with Crippen molar-refractivity contribution in [1.29, 1.82) is 0 Å². The van der Waals surface area contributed by atoms with Gasteiger partial charge in [0.25, 0.3) is 0 Å². The van der Waals surface area contributed by atoms with Crippen LogP contribution in [0.15, 0.2) is 24.4 Å². The molecule has 3 nitrogen and oxygen atoms in total. The maximum Gasteiger partial charge on any atom is 0.194 e. The summed E-state index contributed by atoms with van der Waals surface area (Å²) in [5.41, 5.74) is 6.77. The topological polar surface area (TPSA) is 43.8 Å². The molecule has 2 N–H and O–H groups in total. The molecule has 0 bridgehead atoms. The minimum absolute atomic E-state index is 0.175. The first kappa shape index (κ1) is 13.6. The molecular formula is C13H14F3N3. The van der Waals surface area contributed by atoms with Crippen molar-refractivity contribution in [2.45, 2.75) is 25.9 Å². The van der Waals surface area contributed by atoms with Gasteiger partial charge >= 0.3 is 0 Å². The van der Waals surface area contributed by atoms with Gasteiger partial charge in [0.05, 0.1) is 11.7 Å². The monoisotopic (exact) mass is 269 g/mol. The van der Waals surface area contributed by atoms with E-state index >= 15 is 0 Å². The number of benzene rings is 1. The lowest BCUT2D eigenvalue weighted by molar-refractivity contribution is 0.443. The van der Waals surface area contributed by atoms with Gasteiger partial charge in [-0.2, -0.15) is 5.10 Å². The molecule has 2 aromatic rings. The second-order valence-electron chi connectivity index (χ2n) is 4.26. The summed E-state index contributed by atoms with van der Waals surface area (Å²) in [5.74, 6) is -3.97. The Morgan fingerprint density at radius 2 is 1.89 bits per heavy atom. The molecule has 1 unspecified atom stereocenters. The van der Waals surface area contributed by atoms with Gasteiger partial charge in [0.1, 0.15) is 0 Å². The molecule has 0 fully saturated rings. The molecule has 0 aliphatic carbocycles. The minimum atomic E-state index is -1.49. The van der Waals surface area contributed by atoms with Gasteiger partial charge in [-0.15, -0.1) is 0 Å². The van der Waals surface area contributed by atoms with Gasteiger partial charge in [0.15, 0.2) is 17.5 Å². The van der Waals surface area contributed by atoms with E-state index in [2.05, 4.69) is 5.10 Å². The standard InChI is InChI=1S/C13H14F3N3/c1-2-5-19-11(3-4-18-19)13(17)8-6-9(14)12(16)10(15)7-8/h3-4,6-7,13H,2,5,17H2,1H3. The Labute approximate surface area is 108 Å². The van der Waals surface area contributed by atoms with Gasteiger partial charge in [0, 0.05) is 12.7 Å². The van der Waals surface area contributed by atoms with Crippen LogP contribution < -0.4 is 5.73 Å². The van der Waals surface area contributed by atoms with Crippen LogP contribution in [0.3, 0.4) is 0 Å². The zero-order valence-corrected chi connectivity index (χ0v) is 10.4. The van der Waals surface area contributed by atoms with Crippen molar-refractivity contribution in [2.24, 2.45) is 5.73 Å². The van der Waals surface area contributed by atoms with Gasteiger partial charge in [-0.3, -0.25) is 4.68 Å². The number of halogens is 3. The molecule has 19 heavy (non-hydrogen) atoms. The molecule has 1 aromatic carbocycles. The van der Waals surface area contributed by atoms with E-state index in [1.54, 1.807) is 16.9 Å². The van der Waals surface area contributed by atoms with Gasteiger partial charge in [0.2, 0.25) is 0 Å². The third kappa shape index (κ3) is 2.63. The van der Waals surface area contributed by atoms with Crippen LogP contribution in [-0.2, 0) is 6.54 Å². The van der Waals surface area contributed by atoms with E-state index in [-0.39, 0.29) is 5.56 Å². The predicted molar refractivity (Wildman–Crippen MR) is 64.9 cm³/mol. The Morgan fingerprint density at radius 3 is 2.47 bits per heavy atom. The Morgan fingerprint density at radius 1 is 1.26 bits per heavy atom. The highest BCUT2D eigenvalue weighted by molar-refractivity contribution is 5.29. The highest BCUT2D eigenvalue weighted by Gasteiger charge is 2.18. The van der Waals surface area contributed by atoms with Crippen LogP contribution >= 0.6 is 0 Å². The van der Waals surface area contributed by atoms with E-state index in [0.29, 0.717) is 12.2 Å². The Bertz CT molecular complexity index is 557. The molecule has 1 heterocycles. The Balaban J connectivity index is 2.38. The highest BCUT2D eigenvalue weighted by Crippen LogP contribution is 2.23. The summed E-state index contributed by atoms with van der Waals surface area (Å²) in [5, 5.41) is 4.09. The average Bonchev–Trinajstić information content (AvgIpc) is 2.83. The fraction of sp³-hybridized carbons (Fsp3) is 0.308. The summed E-state index contributed by atoms with van der Waals surface area (Å²) in [6.07, 6.45) is 2.43.